The summed E-state index contributed by atoms with van der Waals surface area (Å²) in [5.41, 5.74) is 0. The van der Waals surface area contributed by atoms with E-state index in [4.69, 9.17) is 11.6 Å². The minimum atomic E-state index is -0.595. The van der Waals surface area contributed by atoms with E-state index in [9.17, 15) is 9.59 Å². The van der Waals surface area contributed by atoms with E-state index in [2.05, 4.69) is 10.6 Å². The zero-order chi connectivity index (χ0) is 9.40. The lowest BCUT2D eigenvalue weighted by atomic mass is 10.4. The second-order valence-corrected chi connectivity index (χ2v) is 2.54. The SMILES string of the molecule is CCNC(=O)C(=O)NCCCCl. The molecule has 0 atom stereocenters. The number of nitrogens with one attached hydrogen (secondary N) is 2. The Morgan fingerprint density at radius 1 is 1.25 bits per heavy atom. The largest absolute Gasteiger partial charge is 0.348 e. The first-order chi connectivity index (χ1) is 5.72. The van der Waals surface area contributed by atoms with Crippen LogP contribution in [0.5, 0.6) is 0 Å². The van der Waals surface area contributed by atoms with Crippen LogP contribution < -0.4 is 10.6 Å². The van der Waals surface area contributed by atoms with E-state index in [1.165, 1.54) is 0 Å². The van der Waals surface area contributed by atoms with Gasteiger partial charge in [-0.3, -0.25) is 9.59 Å². The first-order valence-electron chi connectivity index (χ1n) is 3.84. The van der Waals surface area contributed by atoms with Gasteiger partial charge < -0.3 is 10.6 Å². The standard InChI is InChI=1S/C7H13ClN2O2/c1-2-9-6(11)7(12)10-5-3-4-8/h2-5H2,1H3,(H,9,11)(H,10,12). The number of alkyl halides is 1. The monoisotopic (exact) mass is 192 g/mol. The summed E-state index contributed by atoms with van der Waals surface area (Å²) in [6.45, 7) is 2.66. The Morgan fingerprint density at radius 2 is 1.83 bits per heavy atom. The molecular formula is C7H13ClN2O2. The summed E-state index contributed by atoms with van der Waals surface area (Å²) in [5, 5.41) is 4.82. The Morgan fingerprint density at radius 3 is 2.33 bits per heavy atom. The molecule has 0 heterocycles. The molecule has 0 unspecified atom stereocenters. The van der Waals surface area contributed by atoms with Crippen molar-refractivity contribution in [3.8, 4) is 0 Å². The van der Waals surface area contributed by atoms with Gasteiger partial charge in [0.1, 0.15) is 0 Å². The van der Waals surface area contributed by atoms with Crippen LogP contribution in [0, 0.1) is 0 Å². The highest BCUT2D eigenvalue weighted by Gasteiger charge is 2.09. The molecule has 5 heteroatoms. The van der Waals surface area contributed by atoms with Gasteiger partial charge in [0.05, 0.1) is 0 Å². The van der Waals surface area contributed by atoms with Crippen molar-refractivity contribution in [2.24, 2.45) is 0 Å². The van der Waals surface area contributed by atoms with Gasteiger partial charge in [-0.2, -0.15) is 0 Å². The first-order valence-corrected chi connectivity index (χ1v) is 4.37. The van der Waals surface area contributed by atoms with Gasteiger partial charge in [-0.1, -0.05) is 0 Å². The van der Waals surface area contributed by atoms with Gasteiger partial charge in [-0.15, -0.1) is 11.6 Å². The van der Waals surface area contributed by atoms with Crippen LogP contribution in [-0.2, 0) is 9.59 Å². The molecule has 0 aromatic heterocycles. The number of likely N-dealkylation sites (N-methyl/N-ethyl adjacent to an activating group) is 1. The van der Waals surface area contributed by atoms with Crippen LogP contribution in [0.3, 0.4) is 0 Å². The van der Waals surface area contributed by atoms with Crippen LogP contribution in [0.1, 0.15) is 13.3 Å². The molecule has 0 rings (SSSR count). The maximum Gasteiger partial charge on any atom is 0.309 e. The minimum Gasteiger partial charge on any atom is -0.348 e. The zero-order valence-electron chi connectivity index (χ0n) is 7.02. The summed E-state index contributed by atoms with van der Waals surface area (Å²) in [6.07, 6.45) is 0.673. The van der Waals surface area contributed by atoms with E-state index in [1.54, 1.807) is 6.92 Å². The maximum absolute atomic E-state index is 10.8. The third-order valence-electron chi connectivity index (χ3n) is 1.14. The third-order valence-corrected chi connectivity index (χ3v) is 1.41. The van der Waals surface area contributed by atoms with Crippen molar-refractivity contribution in [3.05, 3.63) is 0 Å². The average Bonchev–Trinajstić information content (AvgIpc) is 2.05. The molecule has 12 heavy (non-hydrogen) atoms. The number of amides is 2. The van der Waals surface area contributed by atoms with E-state index in [-0.39, 0.29) is 0 Å². The predicted molar refractivity (Wildman–Crippen MR) is 47.0 cm³/mol. The Kier molecular flexibility index (Phi) is 6.47. The van der Waals surface area contributed by atoms with Crippen LogP contribution in [0.4, 0.5) is 0 Å². The van der Waals surface area contributed by atoms with Crippen molar-refractivity contribution in [2.45, 2.75) is 13.3 Å². The molecule has 0 aromatic rings. The molecule has 0 saturated carbocycles. The van der Waals surface area contributed by atoms with Crippen LogP contribution in [0.2, 0.25) is 0 Å². The van der Waals surface area contributed by atoms with E-state index < -0.39 is 11.8 Å². The number of carbonyl (C=O) groups is 2. The van der Waals surface area contributed by atoms with Gasteiger partial charge in [0.2, 0.25) is 0 Å². The van der Waals surface area contributed by atoms with Crippen LogP contribution >= 0.6 is 11.6 Å². The van der Waals surface area contributed by atoms with Crippen molar-refractivity contribution in [1.82, 2.24) is 10.6 Å². The van der Waals surface area contributed by atoms with Crippen LogP contribution in [0.15, 0.2) is 0 Å². The first kappa shape index (κ1) is 11.2. The Hall–Kier alpha value is -0.770. The molecule has 0 aliphatic carbocycles. The lowest BCUT2D eigenvalue weighted by Crippen LogP contribution is -2.40. The molecule has 2 N–H and O–H groups in total. The zero-order valence-corrected chi connectivity index (χ0v) is 7.78. The average molecular weight is 193 g/mol. The minimum absolute atomic E-state index is 0.444. The normalized spacial score (nSPS) is 9.17. The van der Waals surface area contributed by atoms with Gasteiger partial charge in [-0.05, 0) is 13.3 Å². The van der Waals surface area contributed by atoms with Crippen LogP contribution in [-0.4, -0.2) is 30.8 Å². The lowest BCUT2D eigenvalue weighted by Gasteiger charge is -2.02. The second-order valence-electron chi connectivity index (χ2n) is 2.16. The summed E-state index contributed by atoms with van der Waals surface area (Å²) >= 11 is 5.37. The lowest BCUT2D eigenvalue weighted by molar-refractivity contribution is -0.139. The van der Waals surface area contributed by atoms with E-state index in [1.807, 2.05) is 0 Å². The molecule has 0 aromatic carbocycles. The van der Waals surface area contributed by atoms with Gasteiger partial charge in [0, 0.05) is 19.0 Å². The molecule has 70 valence electrons. The molecular weight excluding hydrogens is 180 g/mol. The topological polar surface area (TPSA) is 58.2 Å². The summed E-state index contributed by atoms with van der Waals surface area (Å²) in [5.74, 6) is -0.704. The maximum atomic E-state index is 10.8. The molecule has 0 bridgehead atoms. The second kappa shape index (κ2) is 6.91. The molecule has 0 aliphatic rings. The molecule has 4 nitrogen and oxygen atoms in total. The number of rotatable bonds is 4. The fraction of sp³-hybridized carbons (Fsp3) is 0.714. The number of hydrogen-bond acceptors (Lipinski definition) is 2. The highest BCUT2D eigenvalue weighted by molar-refractivity contribution is 6.35. The predicted octanol–water partition coefficient (Wildman–Crippen LogP) is -0.132. The Labute approximate surface area is 76.7 Å². The third kappa shape index (κ3) is 4.96. The van der Waals surface area contributed by atoms with Crippen molar-refractivity contribution < 1.29 is 9.59 Å². The summed E-state index contributed by atoms with van der Waals surface area (Å²) in [6, 6.07) is 0. The quantitative estimate of drug-likeness (QED) is 0.370. The van der Waals surface area contributed by atoms with E-state index in [0.717, 1.165) is 0 Å². The van der Waals surface area contributed by atoms with Gasteiger partial charge in [0.15, 0.2) is 0 Å². The van der Waals surface area contributed by atoms with Crippen molar-refractivity contribution >= 4 is 23.4 Å². The van der Waals surface area contributed by atoms with Crippen molar-refractivity contribution in [2.75, 3.05) is 19.0 Å². The summed E-state index contributed by atoms with van der Waals surface area (Å²) in [4.78, 5) is 21.6. The number of hydrogen-bond donors (Lipinski definition) is 2. The summed E-state index contributed by atoms with van der Waals surface area (Å²) < 4.78 is 0. The van der Waals surface area contributed by atoms with Gasteiger partial charge >= 0.3 is 11.8 Å². The van der Waals surface area contributed by atoms with Crippen molar-refractivity contribution in [3.63, 3.8) is 0 Å². The summed E-state index contributed by atoms with van der Waals surface area (Å²) in [7, 11) is 0. The molecule has 0 fully saturated rings. The fourth-order valence-electron chi connectivity index (χ4n) is 0.590. The highest BCUT2D eigenvalue weighted by Crippen LogP contribution is 1.80. The highest BCUT2D eigenvalue weighted by atomic mass is 35.5. The van der Waals surface area contributed by atoms with Gasteiger partial charge in [-0.25, -0.2) is 0 Å². The number of carbonyl (C=O) groups excluding carboxylic acids is 2. The molecule has 2 amide bonds. The van der Waals surface area contributed by atoms with E-state index >= 15 is 0 Å². The van der Waals surface area contributed by atoms with E-state index in [0.29, 0.717) is 25.4 Å². The van der Waals surface area contributed by atoms with Gasteiger partial charge in [0.25, 0.3) is 0 Å². The smallest absolute Gasteiger partial charge is 0.309 e. The molecule has 0 spiro atoms. The fourth-order valence-corrected chi connectivity index (χ4v) is 0.723. The molecule has 0 radical (unpaired) electrons. The van der Waals surface area contributed by atoms with Crippen molar-refractivity contribution in [1.29, 1.82) is 0 Å². The van der Waals surface area contributed by atoms with Crippen LogP contribution in [0.25, 0.3) is 0 Å². The molecule has 0 saturated heterocycles. The molecule has 0 aliphatic heterocycles. The Bertz CT molecular complexity index is 161. The number of halogens is 1. The Balaban J connectivity index is 3.50.